The molecule has 0 aliphatic heterocycles. The Labute approximate surface area is 222 Å². The average molecular weight is 504 g/mol. The minimum atomic E-state index is 0.181. The molecule has 2 aromatic rings. The van der Waals surface area contributed by atoms with Crippen molar-refractivity contribution in [2.24, 2.45) is 40.4 Å². The molecule has 4 aliphatic rings. The first kappa shape index (κ1) is 24.8. The van der Waals surface area contributed by atoms with Crippen LogP contribution in [-0.2, 0) is 4.79 Å². The van der Waals surface area contributed by atoms with E-state index in [2.05, 4.69) is 61.0 Å². The standard InChI is InChI=1S/C33H45NOS/c1-32-20-6-5-10-25(32)14-17-28-29-18-15-26(33(29,2)21-19-30(28)32)11-7-12-31(35)34-36-27-16-13-23-8-3-4-9-24(23)22-27/h3-4,8-9,13,16,22,25-26,28-30H,5-7,10-12,14-15,17-21H2,1-2H3,(H,34,35). The Hall–Kier alpha value is -1.48. The number of benzene rings is 2. The molecule has 194 valence electrons. The number of carbonyl (C=O) groups is 1. The topological polar surface area (TPSA) is 29.1 Å². The highest BCUT2D eigenvalue weighted by atomic mass is 32.2. The Morgan fingerprint density at radius 1 is 0.889 bits per heavy atom. The SMILES string of the molecule is CC12CCCCC1CCC1C2CCC2(C)C(CCCC(=O)NSc3ccc4ccccc4c3)CCC12. The number of carbonyl (C=O) groups excluding carboxylic acids is 1. The van der Waals surface area contributed by atoms with Crippen LogP contribution in [0.5, 0.6) is 0 Å². The van der Waals surface area contributed by atoms with Gasteiger partial charge in [0.15, 0.2) is 0 Å². The third kappa shape index (κ3) is 4.42. The summed E-state index contributed by atoms with van der Waals surface area (Å²) in [5.74, 6) is 4.93. The molecule has 1 N–H and O–H groups in total. The van der Waals surface area contributed by atoms with Crippen LogP contribution in [0.3, 0.4) is 0 Å². The van der Waals surface area contributed by atoms with E-state index in [4.69, 9.17) is 0 Å². The van der Waals surface area contributed by atoms with Gasteiger partial charge in [0.05, 0.1) is 0 Å². The van der Waals surface area contributed by atoms with E-state index in [0.29, 0.717) is 17.3 Å². The van der Waals surface area contributed by atoms with Crippen molar-refractivity contribution in [2.75, 3.05) is 0 Å². The first-order valence-electron chi connectivity index (χ1n) is 14.9. The number of hydrogen-bond donors (Lipinski definition) is 1. The zero-order valence-electron chi connectivity index (χ0n) is 22.4. The number of fused-ring (bicyclic) bond motifs is 6. The Kier molecular flexibility index (Phi) is 6.90. The lowest BCUT2D eigenvalue weighted by molar-refractivity contribution is -0.119. The van der Waals surface area contributed by atoms with Crippen molar-refractivity contribution in [3.8, 4) is 0 Å². The van der Waals surface area contributed by atoms with Gasteiger partial charge in [-0.3, -0.25) is 9.52 Å². The lowest BCUT2D eigenvalue weighted by Crippen LogP contribution is -2.52. The van der Waals surface area contributed by atoms with Crippen LogP contribution in [0.15, 0.2) is 47.4 Å². The van der Waals surface area contributed by atoms with Crippen LogP contribution in [0, 0.1) is 40.4 Å². The highest BCUT2D eigenvalue weighted by Gasteiger charge is 2.59. The van der Waals surface area contributed by atoms with E-state index in [-0.39, 0.29) is 5.91 Å². The molecule has 6 rings (SSSR count). The molecule has 2 aromatic carbocycles. The smallest absolute Gasteiger partial charge is 0.230 e. The van der Waals surface area contributed by atoms with Crippen LogP contribution in [0.2, 0.25) is 0 Å². The van der Waals surface area contributed by atoms with Crippen LogP contribution in [0.25, 0.3) is 10.8 Å². The van der Waals surface area contributed by atoms with Gasteiger partial charge in [-0.05, 0) is 139 Å². The fourth-order valence-electron chi connectivity index (χ4n) is 9.78. The predicted molar refractivity (Wildman–Crippen MR) is 152 cm³/mol. The molecule has 2 nitrogen and oxygen atoms in total. The molecule has 1 amide bonds. The maximum absolute atomic E-state index is 12.6. The lowest BCUT2D eigenvalue weighted by atomic mass is 9.45. The van der Waals surface area contributed by atoms with E-state index >= 15 is 0 Å². The van der Waals surface area contributed by atoms with E-state index < -0.39 is 0 Å². The second-order valence-electron chi connectivity index (χ2n) is 13.2. The Morgan fingerprint density at radius 2 is 1.72 bits per heavy atom. The van der Waals surface area contributed by atoms with Crippen molar-refractivity contribution in [2.45, 2.75) is 102 Å². The van der Waals surface area contributed by atoms with Gasteiger partial charge in [-0.2, -0.15) is 0 Å². The fourth-order valence-corrected chi connectivity index (χ4v) is 10.4. The van der Waals surface area contributed by atoms with Crippen molar-refractivity contribution in [3.63, 3.8) is 0 Å². The summed E-state index contributed by atoms with van der Waals surface area (Å²) in [6.45, 7) is 5.34. The van der Waals surface area contributed by atoms with Crippen molar-refractivity contribution < 1.29 is 4.79 Å². The van der Waals surface area contributed by atoms with Crippen molar-refractivity contribution in [1.29, 1.82) is 0 Å². The van der Waals surface area contributed by atoms with Gasteiger partial charge in [-0.25, -0.2) is 0 Å². The molecule has 0 radical (unpaired) electrons. The van der Waals surface area contributed by atoms with Crippen LogP contribution in [0.4, 0.5) is 0 Å². The largest absolute Gasteiger partial charge is 0.296 e. The van der Waals surface area contributed by atoms with Gasteiger partial charge in [-0.1, -0.05) is 57.0 Å². The summed E-state index contributed by atoms with van der Waals surface area (Å²) in [4.78, 5) is 13.7. The van der Waals surface area contributed by atoms with E-state index in [0.717, 1.165) is 40.9 Å². The van der Waals surface area contributed by atoms with Crippen LogP contribution >= 0.6 is 11.9 Å². The molecule has 0 heterocycles. The minimum Gasteiger partial charge on any atom is -0.296 e. The fraction of sp³-hybridized carbons (Fsp3) is 0.667. The van der Waals surface area contributed by atoms with Crippen LogP contribution < -0.4 is 4.72 Å². The highest BCUT2D eigenvalue weighted by Crippen LogP contribution is 2.67. The zero-order chi connectivity index (χ0) is 24.8. The first-order chi connectivity index (χ1) is 17.5. The Balaban J connectivity index is 1.01. The molecule has 7 atom stereocenters. The molecule has 4 fully saturated rings. The molecule has 0 saturated heterocycles. The number of hydrogen-bond acceptors (Lipinski definition) is 2. The van der Waals surface area contributed by atoms with Crippen molar-refractivity contribution in [1.82, 2.24) is 4.72 Å². The zero-order valence-corrected chi connectivity index (χ0v) is 23.3. The molecule has 0 aromatic heterocycles. The van der Waals surface area contributed by atoms with Gasteiger partial charge in [0.1, 0.15) is 0 Å². The molecule has 3 heteroatoms. The molecule has 0 spiro atoms. The predicted octanol–water partition coefficient (Wildman–Crippen LogP) is 9.18. The second-order valence-corrected chi connectivity index (χ2v) is 14.1. The quantitative estimate of drug-likeness (QED) is 0.398. The number of nitrogens with one attached hydrogen (secondary N) is 1. The first-order valence-corrected chi connectivity index (χ1v) is 15.7. The van der Waals surface area contributed by atoms with E-state index in [1.807, 2.05) is 0 Å². The Bertz CT molecular complexity index is 1100. The lowest BCUT2D eigenvalue weighted by Gasteiger charge is -2.60. The molecule has 36 heavy (non-hydrogen) atoms. The summed E-state index contributed by atoms with van der Waals surface area (Å²) in [7, 11) is 0. The second kappa shape index (κ2) is 10.0. The molecule has 0 bridgehead atoms. The summed E-state index contributed by atoms with van der Waals surface area (Å²) >= 11 is 1.46. The third-order valence-electron chi connectivity index (χ3n) is 11.7. The van der Waals surface area contributed by atoms with Gasteiger partial charge in [0, 0.05) is 11.3 Å². The molecular weight excluding hydrogens is 458 g/mol. The highest BCUT2D eigenvalue weighted by molar-refractivity contribution is 7.98. The summed E-state index contributed by atoms with van der Waals surface area (Å²) < 4.78 is 3.10. The normalized spacial score (nSPS) is 37.7. The van der Waals surface area contributed by atoms with E-state index in [1.54, 1.807) is 0 Å². The van der Waals surface area contributed by atoms with E-state index in [1.165, 1.54) is 93.3 Å². The van der Waals surface area contributed by atoms with E-state index in [9.17, 15) is 4.79 Å². The maximum atomic E-state index is 12.6. The van der Waals surface area contributed by atoms with Gasteiger partial charge in [-0.15, -0.1) is 0 Å². The average Bonchev–Trinajstić information content (AvgIpc) is 3.23. The summed E-state index contributed by atoms with van der Waals surface area (Å²) in [5.41, 5.74) is 1.16. The molecule has 7 unspecified atom stereocenters. The summed E-state index contributed by atoms with van der Waals surface area (Å²) in [6, 6.07) is 14.8. The summed E-state index contributed by atoms with van der Waals surface area (Å²) in [5, 5.41) is 2.47. The number of amides is 1. The van der Waals surface area contributed by atoms with Crippen molar-refractivity contribution in [3.05, 3.63) is 42.5 Å². The Morgan fingerprint density at radius 3 is 2.61 bits per heavy atom. The summed E-state index contributed by atoms with van der Waals surface area (Å²) in [6.07, 6.45) is 17.7. The number of rotatable bonds is 6. The van der Waals surface area contributed by atoms with Gasteiger partial charge in [0.2, 0.25) is 5.91 Å². The maximum Gasteiger partial charge on any atom is 0.230 e. The minimum absolute atomic E-state index is 0.181. The van der Waals surface area contributed by atoms with Crippen LogP contribution in [-0.4, -0.2) is 5.91 Å². The van der Waals surface area contributed by atoms with Crippen LogP contribution in [0.1, 0.15) is 97.3 Å². The molecule has 4 saturated carbocycles. The molecule has 4 aliphatic carbocycles. The van der Waals surface area contributed by atoms with Crippen molar-refractivity contribution >= 4 is 28.6 Å². The van der Waals surface area contributed by atoms with Gasteiger partial charge >= 0.3 is 0 Å². The monoisotopic (exact) mass is 503 g/mol. The van der Waals surface area contributed by atoms with Gasteiger partial charge in [0.25, 0.3) is 0 Å². The van der Waals surface area contributed by atoms with Gasteiger partial charge < -0.3 is 0 Å². The molecular formula is C33H45NOS. The third-order valence-corrected chi connectivity index (χ3v) is 12.6.